The van der Waals surface area contributed by atoms with E-state index in [1.54, 1.807) is 7.11 Å². The van der Waals surface area contributed by atoms with Crippen LogP contribution in [0.4, 0.5) is 0 Å². The summed E-state index contributed by atoms with van der Waals surface area (Å²) < 4.78 is 13.2. The summed E-state index contributed by atoms with van der Waals surface area (Å²) in [5.74, 6) is 1.35. The van der Waals surface area contributed by atoms with E-state index < -0.39 is 6.10 Å². The van der Waals surface area contributed by atoms with Crippen molar-refractivity contribution >= 4 is 0 Å². The van der Waals surface area contributed by atoms with Crippen LogP contribution >= 0.6 is 0 Å². The number of aryl methyl sites for hydroxylation is 1. The zero-order chi connectivity index (χ0) is 22.1. The van der Waals surface area contributed by atoms with Crippen LogP contribution in [0.2, 0.25) is 0 Å². The molecule has 1 aliphatic rings. The molecule has 31 heavy (non-hydrogen) atoms. The number of β-amino-alcohol motifs (C(OH)–C–C–N with tert-alkyl or cyclic N) is 1. The molecular formula is C23H37N5O3. The van der Waals surface area contributed by atoms with Crippen molar-refractivity contribution in [1.82, 2.24) is 24.9 Å². The average Bonchev–Trinajstić information content (AvgIpc) is 3.07. The first-order valence-electron chi connectivity index (χ1n) is 11.1. The molecule has 2 aromatic rings. The van der Waals surface area contributed by atoms with E-state index >= 15 is 0 Å². The van der Waals surface area contributed by atoms with Crippen molar-refractivity contribution in [3.05, 3.63) is 41.7 Å². The molecule has 1 saturated heterocycles. The molecule has 1 fully saturated rings. The van der Waals surface area contributed by atoms with Crippen LogP contribution in [0.1, 0.15) is 17.5 Å². The molecule has 0 spiro atoms. The van der Waals surface area contributed by atoms with Gasteiger partial charge < -0.3 is 24.8 Å². The second-order valence-electron chi connectivity index (χ2n) is 8.36. The Balaban J connectivity index is 1.45. The fourth-order valence-electron chi connectivity index (χ4n) is 3.83. The molecule has 2 N–H and O–H groups in total. The molecule has 8 nitrogen and oxygen atoms in total. The van der Waals surface area contributed by atoms with Crippen molar-refractivity contribution in [2.75, 3.05) is 60.0 Å². The van der Waals surface area contributed by atoms with Crippen LogP contribution in [0.5, 0.6) is 11.5 Å². The van der Waals surface area contributed by atoms with Gasteiger partial charge in [0.25, 0.3) is 0 Å². The summed E-state index contributed by atoms with van der Waals surface area (Å²) in [4.78, 5) is 4.65. The number of likely N-dealkylation sites (N-methyl/N-ethyl adjacent to an activating group) is 1. The molecule has 1 unspecified atom stereocenters. The van der Waals surface area contributed by atoms with E-state index in [1.165, 1.54) is 5.56 Å². The molecule has 2 heterocycles. The normalized spacial score (nSPS) is 16.8. The SMILES string of the molecule is COc1ccc(CNCCc2cnn(C)c2)cc1OCC(O)CN1CCCN(C)CC1. The summed E-state index contributed by atoms with van der Waals surface area (Å²) >= 11 is 0. The summed E-state index contributed by atoms with van der Waals surface area (Å²) in [5, 5.41) is 18.2. The maximum absolute atomic E-state index is 10.5. The monoisotopic (exact) mass is 431 g/mol. The van der Waals surface area contributed by atoms with E-state index in [0.717, 1.165) is 57.7 Å². The number of rotatable bonds is 11. The highest BCUT2D eigenvalue weighted by Gasteiger charge is 2.17. The highest BCUT2D eigenvalue weighted by atomic mass is 16.5. The molecule has 1 aromatic heterocycles. The molecular weight excluding hydrogens is 394 g/mol. The van der Waals surface area contributed by atoms with E-state index in [4.69, 9.17) is 9.47 Å². The Kier molecular flexibility index (Phi) is 9.14. The lowest BCUT2D eigenvalue weighted by Gasteiger charge is -2.23. The molecule has 1 atom stereocenters. The Hall–Kier alpha value is -2.13. The number of aromatic nitrogens is 2. The van der Waals surface area contributed by atoms with Crippen molar-refractivity contribution in [3.8, 4) is 11.5 Å². The Morgan fingerprint density at radius 2 is 2.00 bits per heavy atom. The summed E-state index contributed by atoms with van der Waals surface area (Å²) in [5.41, 5.74) is 2.34. The number of nitrogens with zero attached hydrogens (tertiary/aromatic N) is 4. The van der Waals surface area contributed by atoms with Gasteiger partial charge in [0.05, 0.1) is 13.3 Å². The van der Waals surface area contributed by atoms with E-state index in [-0.39, 0.29) is 6.61 Å². The molecule has 0 saturated carbocycles. The zero-order valence-corrected chi connectivity index (χ0v) is 19.1. The zero-order valence-electron chi connectivity index (χ0n) is 19.1. The summed E-state index contributed by atoms with van der Waals surface area (Å²) in [6.07, 6.45) is 5.47. The Labute approximate surface area is 185 Å². The van der Waals surface area contributed by atoms with Gasteiger partial charge in [-0.25, -0.2) is 0 Å². The summed E-state index contributed by atoms with van der Waals surface area (Å²) in [7, 11) is 5.72. The van der Waals surface area contributed by atoms with Gasteiger partial charge in [0.2, 0.25) is 0 Å². The Morgan fingerprint density at radius 3 is 2.77 bits per heavy atom. The molecule has 1 aromatic carbocycles. The average molecular weight is 432 g/mol. The van der Waals surface area contributed by atoms with Crippen LogP contribution in [0, 0.1) is 0 Å². The number of benzene rings is 1. The van der Waals surface area contributed by atoms with Gasteiger partial charge in [0.1, 0.15) is 12.7 Å². The van der Waals surface area contributed by atoms with E-state index in [9.17, 15) is 5.11 Å². The van der Waals surface area contributed by atoms with Gasteiger partial charge in [0, 0.05) is 39.4 Å². The molecule has 0 radical (unpaired) electrons. The lowest BCUT2D eigenvalue weighted by Crippen LogP contribution is -2.37. The molecule has 1 aliphatic heterocycles. The molecule has 8 heteroatoms. The van der Waals surface area contributed by atoms with Gasteiger partial charge in [-0.1, -0.05) is 6.07 Å². The number of nitrogens with one attached hydrogen (secondary N) is 1. The minimum Gasteiger partial charge on any atom is -0.493 e. The van der Waals surface area contributed by atoms with E-state index in [0.29, 0.717) is 18.0 Å². The van der Waals surface area contributed by atoms with Crippen molar-refractivity contribution < 1.29 is 14.6 Å². The Bertz CT molecular complexity index is 797. The maximum atomic E-state index is 10.5. The standard InChI is InChI=1S/C23H37N5O3/c1-26-9-4-10-28(12-11-26)17-21(29)18-31-23-13-19(5-6-22(23)30-3)14-24-8-7-20-15-25-27(2)16-20/h5-6,13,15-16,21,24,29H,4,7-12,14,17-18H2,1-3H3. The Morgan fingerprint density at radius 1 is 1.13 bits per heavy atom. The van der Waals surface area contributed by atoms with Crippen LogP contribution < -0.4 is 14.8 Å². The lowest BCUT2D eigenvalue weighted by atomic mass is 10.2. The highest BCUT2D eigenvalue weighted by Crippen LogP contribution is 2.28. The largest absolute Gasteiger partial charge is 0.493 e. The quantitative estimate of drug-likeness (QED) is 0.517. The van der Waals surface area contributed by atoms with Gasteiger partial charge in [0.15, 0.2) is 11.5 Å². The van der Waals surface area contributed by atoms with Gasteiger partial charge in [-0.2, -0.15) is 5.10 Å². The number of hydrogen-bond donors (Lipinski definition) is 2. The maximum Gasteiger partial charge on any atom is 0.161 e. The number of ether oxygens (including phenoxy) is 2. The third-order valence-corrected chi connectivity index (χ3v) is 5.62. The van der Waals surface area contributed by atoms with Crippen LogP contribution in [0.3, 0.4) is 0 Å². The van der Waals surface area contributed by atoms with Gasteiger partial charge in [-0.15, -0.1) is 0 Å². The number of hydrogen-bond acceptors (Lipinski definition) is 7. The molecule has 0 amide bonds. The summed E-state index contributed by atoms with van der Waals surface area (Å²) in [6, 6.07) is 5.95. The van der Waals surface area contributed by atoms with Crippen molar-refractivity contribution in [3.63, 3.8) is 0 Å². The van der Waals surface area contributed by atoms with Gasteiger partial charge in [-0.3, -0.25) is 9.58 Å². The third kappa shape index (κ3) is 7.81. The van der Waals surface area contributed by atoms with Gasteiger partial charge in [-0.05, 0) is 62.8 Å². The first-order chi connectivity index (χ1) is 15.0. The fourth-order valence-corrected chi connectivity index (χ4v) is 3.83. The number of methoxy groups -OCH3 is 1. The summed E-state index contributed by atoms with van der Waals surface area (Å²) in [6.45, 7) is 6.65. The lowest BCUT2D eigenvalue weighted by molar-refractivity contribution is 0.0685. The van der Waals surface area contributed by atoms with Crippen LogP contribution in [-0.2, 0) is 20.0 Å². The van der Waals surface area contributed by atoms with Crippen molar-refractivity contribution in [1.29, 1.82) is 0 Å². The molecule has 0 bridgehead atoms. The third-order valence-electron chi connectivity index (χ3n) is 5.62. The molecule has 172 valence electrons. The topological polar surface area (TPSA) is 75.0 Å². The van der Waals surface area contributed by atoms with Crippen LogP contribution in [-0.4, -0.2) is 90.8 Å². The van der Waals surface area contributed by atoms with Crippen molar-refractivity contribution in [2.24, 2.45) is 7.05 Å². The van der Waals surface area contributed by atoms with Gasteiger partial charge >= 0.3 is 0 Å². The first-order valence-corrected chi connectivity index (χ1v) is 11.1. The smallest absolute Gasteiger partial charge is 0.161 e. The highest BCUT2D eigenvalue weighted by molar-refractivity contribution is 5.43. The predicted molar refractivity (Wildman–Crippen MR) is 122 cm³/mol. The molecule has 0 aliphatic carbocycles. The molecule has 3 rings (SSSR count). The number of aliphatic hydroxyl groups excluding tert-OH is 1. The second kappa shape index (κ2) is 12.0. The van der Waals surface area contributed by atoms with Crippen LogP contribution in [0.15, 0.2) is 30.6 Å². The van der Waals surface area contributed by atoms with Crippen LogP contribution in [0.25, 0.3) is 0 Å². The van der Waals surface area contributed by atoms with Crippen molar-refractivity contribution in [2.45, 2.75) is 25.5 Å². The predicted octanol–water partition coefficient (Wildman–Crippen LogP) is 1.14. The second-order valence-corrected chi connectivity index (χ2v) is 8.36. The minimum atomic E-state index is -0.533. The first kappa shape index (κ1) is 23.5. The number of aliphatic hydroxyl groups is 1. The minimum absolute atomic E-state index is 0.251. The van der Waals surface area contributed by atoms with E-state index in [1.807, 2.05) is 42.3 Å². The fraction of sp³-hybridized carbons (Fsp3) is 0.609. The van der Waals surface area contributed by atoms with E-state index in [2.05, 4.69) is 27.3 Å².